The summed E-state index contributed by atoms with van der Waals surface area (Å²) in [5, 5.41) is 6.34. The fourth-order valence-electron chi connectivity index (χ4n) is 4.23. The number of rotatable bonds is 6. The highest BCUT2D eigenvalue weighted by Gasteiger charge is 2.21. The van der Waals surface area contributed by atoms with Crippen molar-refractivity contribution >= 4 is 45.9 Å². The number of carbonyl (C=O) groups excluding carboxylic acids is 1. The van der Waals surface area contributed by atoms with Crippen molar-refractivity contribution < 1.29 is 4.79 Å². The number of benzene rings is 2. The average molecular weight is 462 g/mol. The molecule has 5 rings (SSSR count). The van der Waals surface area contributed by atoms with Crippen LogP contribution in [0.5, 0.6) is 0 Å². The van der Waals surface area contributed by atoms with Crippen LogP contribution in [0.1, 0.15) is 47.6 Å². The summed E-state index contributed by atoms with van der Waals surface area (Å²) in [7, 11) is 0. The van der Waals surface area contributed by atoms with Crippen LogP contribution < -0.4 is 16.4 Å². The van der Waals surface area contributed by atoms with Crippen molar-refractivity contribution in [2.75, 3.05) is 16.4 Å². The van der Waals surface area contributed by atoms with Crippen LogP contribution in [0.2, 0.25) is 5.28 Å². The average Bonchev–Trinajstić information content (AvgIpc) is 3.49. The molecule has 2 aromatic carbocycles. The number of anilines is 3. The van der Waals surface area contributed by atoms with Crippen LogP contribution in [0.4, 0.5) is 17.2 Å². The predicted molar refractivity (Wildman–Crippen MR) is 130 cm³/mol. The molecule has 1 amide bonds. The maximum Gasteiger partial charge on any atom is 0.255 e. The minimum absolute atomic E-state index is 0.192. The summed E-state index contributed by atoms with van der Waals surface area (Å²) in [6.07, 6.45) is 6.55. The van der Waals surface area contributed by atoms with Gasteiger partial charge in [-0.25, -0.2) is 4.98 Å². The lowest BCUT2D eigenvalue weighted by Gasteiger charge is -2.12. The van der Waals surface area contributed by atoms with Crippen molar-refractivity contribution in [3.8, 4) is 0 Å². The van der Waals surface area contributed by atoms with E-state index in [1.165, 1.54) is 12.8 Å². The van der Waals surface area contributed by atoms with E-state index in [9.17, 15) is 4.79 Å². The molecule has 0 aliphatic heterocycles. The van der Waals surface area contributed by atoms with Crippen molar-refractivity contribution in [2.24, 2.45) is 0 Å². The number of imidazole rings is 1. The summed E-state index contributed by atoms with van der Waals surface area (Å²) in [6.45, 7) is 0.506. The minimum Gasteiger partial charge on any atom is -0.397 e. The van der Waals surface area contributed by atoms with E-state index in [2.05, 4.69) is 30.2 Å². The third-order valence-electron chi connectivity index (χ3n) is 6.00. The van der Waals surface area contributed by atoms with Gasteiger partial charge in [0.1, 0.15) is 0 Å². The first-order chi connectivity index (χ1) is 16.1. The first-order valence-corrected chi connectivity index (χ1v) is 11.3. The highest BCUT2D eigenvalue weighted by molar-refractivity contribution is 6.28. The molecule has 4 aromatic rings. The van der Waals surface area contributed by atoms with Crippen molar-refractivity contribution in [1.29, 1.82) is 0 Å². The number of nitrogens with zero attached hydrogens (tertiary/aromatic N) is 4. The standard InChI is InChI=1S/C24H24ClN7O/c25-24-30-21(20-22(31-24)32(14-28-20)17-5-1-2-6-17)27-13-15-9-11-16(12-10-15)23(33)29-19-8-4-3-7-18(19)26/h3-4,7-12,14,17H,1-2,5-6,13,26H2,(H,29,33)(H,27,30,31). The van der Waals surface area contributed by atoms with Gasteiger partial charge in [0.15, 0.2) is 17.0 Å². The van der Waals surface area contributed by atoms with E-state index in [0.717, 1.165) is 24.1 Å². The Morgan fingerprint density at radius 1 is 1.09 bits per heavy atom. The summed E-state index contributed by atoms with van der Waals surface area (Å²) in [6, 6.07) is 14.9. The zero-order valence-electron chi connectivity index (χ0n) is 18.0. The number of aromatic nitrogens is 4. The largest absolute Gasteiger partial charge is 0.397 e. The zero-order chi connectivity index (χ0) is 22.8. The van der Waals surface area contributed by atoms with E-state index in [1.54, 1.807) is 24.3 Å². The summed E-state index contributed by atoms with van der Waals surface area (Å²) in [5.74, 6) is 0.386. The number of halogens is 1. The Hall–Kier alpha value is -3.65. The zero-order valence-corrected chi connectivity index (χ0v) is 18.7. The van der Waals surface area contributed by atoms with Gasteiger partial charge in [-0.05, 0) is 54.3 Å². The van der Waals surface area contributed by atoms with Gasteiger partial charge in [-0.1, -0.05) is 37.1 Å². The lowest BCUT2D eigenvalue weighted by Crippen LogP contribution is -2.13. The number of amides is 1. The fraction of sp³-hybridized carbons (Fsp3) is 0.250. The lowest BCUT2D eigenvalue weighted by atomic mass is 10.1. The molecule has 1 aliphatic carbocycles. The Kier molecular flexibility index (Phi) is 5.83. The monoisotopic (exact) mass is 461 g/mol. The number of nitrogen functional groups attached to an aromatic ring is 1. The van der Waals surface area contributed by atoms with Gasteiger partial charge in [0.25, 0.3) is 5.91 Å². The van der Waals surface area contributed by atoms with E-state index in [1.807, 2.05) is 30.6 Å². The summed E-state index contributed by atoms with van der Waals surface area (Å²) in [4.78, 5) is 25.9. The van der Waals surface area contributed by atoms with Gasteiger partial charge in [0.05, 0.1) is 17.7 Å². The van der Waals surface area contributed by atoms with E-state index in [0.29, 0.717) is 40.9 Å². The second-order valence-electron chi connectivity index (χ2n) is 8.20. The molecular weight excluding hydrogens is 438 g/mol. The minimum atomic E-state index is -0.214. The molecule has 2 heterocycles. The molecule has 2 aromatic heterocycles. The van der Waals surface area contributed by atoms with Gasteiger partial charge in [0, 0.05) is 18.2 Å². The second-order valence-corrected chi connectivity index (χ2v) is 8.53. The molecule has 0 spiro atoms. The molecule has 9 heteroatoms. The van der Waals surface area contributed by atoms with E-state index in [-0.39, 0.29) is 11.2 Å². The molecule has 0 saturated heterocycles. The molecule has 1 saturated carbocycles. The second kappa shape index (κ2) is 9.07. The Morgan fingerprint density at radius 2 is 1.85 bits per heavy atom. The van der Waals surface area contributed by atoms with Crippen LogP contribution in [0.15, 0.2) is 54.9 Å². The van der Waals surface area contributed by atoms with Crippen molar-refractivity contribution in [3.63, 3.8) is 0 Å². The van der Waals surface area contributed by atoms with Crippen molar-refractivity contribution in [3.05, 3.63) is 71.3 Å². The van der Waals surface area contributed by atoms with Gasteiger partial charge < -0.3 is 20.9 Å². The van der Waals surface area contributed by atoms with Crippen LogP contribution in [0, 0.1) is 0 Å². The number of nitrogens with one attached hydrogen (secondary N) is 2. The number of nitrogens with two attached hydrogens (primary N) is 1. The molecule has 168 valence electrons. The first kappa shape index (κ1) is 21.2. The van der Waals surface area contributed by atoms with Crippen LogP contribution in [-0.4, -0.2) is 25.4 Å². The van der Waals surface area contributed by atoms with Crippen LogP contribution in [0.3, 0.4) is 0 Å². The summed E-state index contributed by atoms with van der Waals surface area (Å²) in [5.41, 5.74) is 10.0. The van der Waals surface area contributed by atoms with Gasteiger partial charge in [-0.15, -0.1) is 0 Å². The normalized spacial score (nSPS) is 14.0. The highest BCUT2D eigenvalue weighted by Crippen LogP contribution is 2.33. The molecule has 4 N–H and O–H groups in total. The molecule has 0 unspecified atom stereocenters. The van der Waals surface area contributed by atoms with Gasteiger partial charge >= 0.3 is 0 Å². The maximum atomic E-state index is 12.5. The lowest BCUT2D eigenvalue weighted by molar-refractivity contribution is 0.102. The number of hydrogen-bond acceptors (Lipinski definition) is 6. The Labute approximate surface area is 196 Å². The van der Waals surface area contributed by atoms with E-state index in [4.69, 9.17) is 17.3 Å². The predicted octanol–water partition coefficient (Wildman–Crippen LogP) is 5.04. The SMILES string of the molecule is Nc1ccccc1NC(=O)c1ccc(CNc2nc(Cl)nc3c2ncn3C2CCCC2)cc1. The summed E-state index contributed by atoms with van der Waals surface area (Å²) >= 11 is 6.22. The molecule has 1 aliphatic rings. The smallest absolute Gasteiger partial charge is 0.255 e. The number of carbonyl (C=O) groups is 1. The molecule has 33 heavy (non-hydrogen) atoms. The van der Waals surface area contributed by atoms with E-state index < -0.39 is 0 Å². The van der Waals surface area contributed by atoms with Gasteiger partial charge in [-0.2, -0.15) is 9.97 Å². The van der Waals surface area contributed by atoms with Crippen LogP contribution >= 0.6 is 11.6 Å². The van der Waals surface area contributed by atoms with Gasteiger partial charge in [-0.3, -0.25) is 4.79 Å². The van der Waals surface area contributed by atoms with Crippen LogP contribution in [-0.2, 0) is 6.54 Å². The maximum absolute atomic E-state index is 12.5. The van der Waals surface area contributed by atoms with Gasteiger partial charge in [0.2, 0.25) is 5.28 Å². The fourth-order valence-corrected chi connectivity index (χ4v) is 4.39. The molecule has 1 fully saturated rings. The first-order valence-electron chi connectivity index (χ1n) is 11.0. The Balaban J connectivity index is 1.29. The van der Waals surface area contributed by atoms with Crippen LogP contribution in [0.25, 0.3) is 11.2 Å². The number of fused-ring (bicyclic) bond motifs is 1. The highest BCUT2D eigenvalue weighted by atomic mass is 35.5. The van der Waals surface area contributed by atoms with E-state index >= 15 is 0 Å². The summed E-state index contributed by atoms with van der Waals surface area (Å²) < 4.78 is 2.12. The third kappa shape index (κ3) is 4.47. The van der Waals surface area contributed by atoms with Crippen molar-refractivity contribution in [2.45, 2.75) is 38.3 Å². The number of para-hydroxylation sites is 2. The Bertz CT molecular complexity index is 1300. The molecule has 8 nitrogen and oxygen atoms in total. The van der Waals surface area contributed by atoms with Crippen molar-refractivity contribution in [1.82, 2.24) is 19.5 Å². The quantitative estimate of drug-likeness (QED) is 0.274. The molecule has 0 bridgehead atoms. The topological polar surface area (TPSA) is 111 Å². The molecule has 0 atom stereocenters. The third-order valence-corrected chi connectivity index (χ3v) is 6.17. The Morgan fingerprint density at radius 3 is 2.61 bits per heavy atom. The number of hydrogen-bond donors (Lipinski definition) is 3. The molecule has 0 radical (unpaired) electrons. The molecular formula is C24H24ClN7O.